The smallest absolute Gasteiger partial charge is 0.269 e. The molecule has 7 heteroatoms. The van der Waals surface area contributed by atoms with Crippen molar-refractivity contribution >= 4 is 33.4 Å². The maximum absolute atomic E-state index is 12.4. The number of nitrogens with zero attached hydrogens (tertiary/aromatic N) is 2. The summed E-state index contributed by atoms with van der Waals surface area (Å²) in [6, 6.07) is 9.81. The number of benzene rings is 1. The number of hydrogen-bond acceptors (Lipinski definition) is 2. The van der Waals surface area contributed by atoms with Gasteiger partial charge >= 0.3 is 5.91 Å². The highest BCUT2D eigenvalue weighted by molar-refractivity contribution is 9.09. The zero-order valence-corrected chi connectivity index (χ0v) is 15.2. The number of likely N-dealkylation sites (N-methyl/N-ethyl adjacent to an activating group) is 1. The predicted octanol–water partition coefficient (Wildman–Crippen LogP) is 1.18. The van der Waals surface area contributed by atoms with E-state index in [1.807, 2.05) is 44.3 Å². The number of carbonyl (C=O) groups is 2. The van der Waals surface area contributed by atoms with Gasteiger partial charge in [-0.25, -0.2) is 10.0 Å². The number of para-hydroxylation sites is 1. The van der Waals surface area contributed by atoms with E-state index in [1.54, 1.807) is 14.1 Å². The highest BCUT2D eigenvalue weighted by atomic mass is 79.9. The van der Waals surface area contributed by atoms with Gasteiger partial charge in [-0.2, -0.15) is 10.0 Å². The Labute approximate surface area is 140 Å². The SMILES string of the molecule is CC[N+](C)(NC(=O)C[N+](C)(C)NC(=O)CBr)c1ccccc1. The summed E-state index contributed by atoms with van der Waals surface area (Å²) in [5.74, 6) is -0.290. The summed E-state index contributed by atoms with van der Waals surface area (Å²) in [5.41, 5.74) is 6.80. The van der Waals surface area contributed by atoms with Gasteiger partial charge in [-0.3, -0.25) is 9.59 Å². The Bertz CT molecular complexity index is 522. The number of rotatable bonds is 7. The van der Waals surface area contributed by atoms with Crippen LogP contribution in [0.4, 0.5) is 5.69 Å². The van der Waals surface area contributed by atoms with Crippen LogP contribution in [0.15, 0.2) is 30.3 Å². The molecule has 0 radical (unpaired) electrons. The van der Waals surface area contributed by atoms with E-state index in [4.69, 9.17) is 0 Å². The molecule has 6 nitrogen and oxygen atoms in total. The number of halogens is 1. The van der Waals surface area contributed by atoms with E-state index in [9.17, 15) is 9.59 Å². The predicted molar refractivity (Wildman–Crippen MR) is 91.8 cm³/mol. The quantitative estimate of drug-likeness (QED) is 0.428. The van der Waals surface area contributed by atoms with Crippen LogP contribution in [-0.4, -0.2) is 56.0 Å². The van der Waals surface area contributed by atoms with E-state index < -0.39 is 0 Å². The minimum atomic E-state index is -0.159. The average Bonchev–Trinajstić information content (AvgIpc) is 2.46. The summed E-state index contributed by atoms with van der Waals surface area (Å²) in [6.45, 7) is 2.89. The molecule has 2 amide bonds. The highest BCUT2D eigenvalue weighted by Crippen LogP contribution is 2.17. The van der Waals surface area contributed by atoms with E-state index in [-0.39, 0.29) is 28.3 Å². The molecule has 0 aromatic heterocycles. The van der Waals surface area contributed by atoms with E-state index >= 15 is 0 Å². The fraction of sp³-hybridized carbons (Fsp3) is 0.467. The summed E-state index contributed by atoms with van der Waals surface area (Å²) < 4.78 is 0.404. The first-order chi connectivity index (χ1) is 10.2. The minimum absolute atomic E-state index is 0.0920. The van der Waals surface area contributed by atoms with Gasteiger partial charge in [0.05, 0.1) is 26.5 Å². The minimum Gasteiger partial charge on any atom is -0.269 e. The van der Waals surface area contributed by atoms with Gasteiger partial charge in [0.2, 0.25) is 0 Å². The van der Waals surface area contributed by atoms with Crippen molar-refractivity contribution in [2.75, 3.05) is 39.6 Å². The first kappa shape index (κ1) is 18.6. The number of nitrogens with one attached hydrogen (secondary N) is 2. The second-order valence-electron chi connectivity index (χ2n) is 5.89. The highest BCUT2D eigenvalue weighted by Gasteiger charge is 2.30. The maximum Gasteiger partial charge on any atom is 0.322 e. The Kier molecular flexibility index (Phi) is 6.52. The third-order valence-corrected chi connectivity index (χ3v) is 3.93. The molecule has 0 saturated heterocycles. The molecule has 122 valence electrons. The molecule has 0 aliphatic rings. The number of carbonyl (C=O) groups excluding carboxylic acids is 2. The molecule has 1 unspecified atom stereocenters. The third-order valence-electron chi connectivity index (χ3n) is 3.42. The summed E-state index contributed by atoms with van der Waals surface area (Å²) in [4.78, 5) is 23.8. The molecule has 1 aromatic rings. The topological polar surface area (TPSA) is 58.2 Å². The van der Waals surface area contributed by atoms with Crippen molar-refractivity contribution in [2.24, 2.45) is 0 Å². The lowest BCUT2D eigenvalue weighted by Gasteiger charge is -2.34. The molecule has 1 rings (SSSR count). The van der Waals surface area contributed by atoms with E-state index in [2.05, 4.69) is 26.8 Å². The standard InChI is InChI=1S/C15H23BrN4O2/c1-5-20(4,13-9-7-6-8-10-13)18-15(22)12-19(2,3)17-14(21)11-16/h6-10H,5,11-12H2,1-4H3/p+2. The van der Waals surface area contributed by atoms with Crippen molar-refractivity contribution in [3.05, 3.63) is 30.3 Å². The summed E-state index contributed by atoms with van der Waals surface area (Å²) in [5, 5.41) is 0.211. The first-order valence-electron chi connectivity index (χ1n) is 7.15. The lowest BCUT2D eigenvalue weighted by Crippen LogP contribution is -2.64. The van der Waals surface area contributed by atoms with Crippen LogP contribution in [0.3, 0.4) is 0 Å². The largest absolute Gasteiger partial charge is 0.322 e. The Balaban J connectivity index is 2.76. The maximum atomic E-state index is 12.4. The van der Waals surface area contributed by atoms with Crippen LogP contribution in [0.2, 0.25) is 0 Å². The fourth-order valence-corrected chi connectivity index (χ4v) is 2.29. The number of quaternary nitrogens is 2. The summed E-state index contributed by atoms with van der Waals surface area (Å²) in [7, 11) is 5.50. The van der Waals surface area contributed by atoms with Crippen LogP contribution in [-0.2, 0) is 9.59 Å². The van der Waals surface area contributed by atoms with E-state index in [0.717, 1.165) is 12.2 Å². The van der Waals surface area contributed by atoms with Crippen LogP contribution in [0.1, 0.15) is 6.92 Å². The first-order valence-corrected chi connectivity index (χ1v) is 8.27. The molecule has 0 saturated carbocycles. The molecule has 1 aromatic carbocycles. The van der Waals surface area contributed by atoms with E-state index in [0.29, 0.717) is 4.59 Å². The molecule has 0 spiro atoms. The molecular weight excluding hydrogens is 348 g/mol. The zero-order valence-electron chi connectivity index (χ0n) is 13.6. The second kappa shape index (κ2) is 7.71. The molecule has 22 heavy (non-hydrogen) atoms. The van der Waals surface area contributed by atoms with Crippen molar-refractivity contribution in [1.29, 1.82) is 0 Å². The molecule has 1 atom stereocenters. The zero-order chi connectivity index (χ0) is 16.8. The van der Waals surface area contributed by atoms with Gasteiger partial charge in [-0.1, -0.05) is 34.1 Å². The molecule has 0 heterocycles. The van der Waals surface area contributed by atoms with Gasteiger partial charge in [0.15, 0.2) is 12.2 Å². The second-order valence-corrected chi connectivity index (χ2v) is 6.45. The monoisotopic (exact) mass is 372 g/mol. The van der Waals surface area contributed by atoms with Crippen molar-refractivity contribution in [2.45, 2.75) is 6.92 Å². The Hall–Kier alpha value is -1.44. The summed E-state index contributed by atoms with van der Waals surface area (Å²) >= 11 is 3.10. The molecule has 2 N–H and O–H groups in total. The Morgan fingerprint density at radius 2 is 1.64 bits per heavy atom. The van der Waals surface area contributed by atoms with Crippen LogP contribution < -0.4 is 15.4 Å². The van der Waals surface area contributed by atoms with Gasteiger partial charge in [0, 0.05) is 12.1 Å². The molecule has 0 aliphatic carbocycles. The van der Waals surface area contributed by atoms with Crippen LogP contribution in [0, 0.1) is 0 Å². The Morgan fingerprint density at radius 1 is 1.05 bits per heavy atom. The molecule has 0 aliphatic heterocycles. The van der Waals surface area contributed by atoms with Crippen LogP contribution >= 0.6 is 15.9 Å². The normalized spacial score (nSPS) is 14.0. The van der Waals surface area contributed by atoms with Crippen LogP contribution in [0.25, 0.3) is 0 Å². The van der Waals surface area contributed by atoms with Gasteiger partial charge in [-0.05, 0) is 6.92 Å². The van der Waals surface area contributed by atoms with Gasteiger partial charge in [-0.15, -0.1) is 0 Å². The number of amides is 2. The van der Waals surface area contributed by atoms with E-state index in [1.165, 1.54) is 0 Å². The fourth-order valence-electron chi connectivity index (χ4n) is 2.16. The number of alkyl halides is 1. The lowest BCUT2D eigenvalue weighted by molar-refractivity contribution is -0.917. The molecule has 0 fully saturated rings. The number of hydrogen-bond donors (Lipinski definition) is 2. The van der Waals surface area contributed by atoms with Gasteiger partial charge in [0.1, 0.15) is 6.54 Å². The summed E-state index contributed by atoms with van der Waals surface area (Å²) in [6.07, 6.45) is 0. The van der Waals surface area contributed by atoms with Gasteiger partial charge < -0.3 is 0 Å². The Morgan fingerprint density at radius 3 is 2.14 bits per heavy atom. The van der Waals surface area contributed by atoms with Crippen LogP contribution in [0.5, 0.6) is 0 Å². The lowest BCUT2D eigenvalue weighted by atomic mass is 10.3. The van der Waals surface area contributed by atoms with Gasteiger partial charge in [0.25, 0.3) is 5.91 Å². The average molecular weight is 373 g/mol. The van der Waals surface area contributed by atoms with Crippen molar-refractivity contribution in [3.8, 4) is 0 Å². The van der Waals surface area contributed by atoms with Crippen molar-refractivity contribution < 1.29 is 14.2 Å². The van der Waals surface area contributed by atoms with Crippen molar-refractivity contribution in [3.63, 3.8) is 0 Å². The third kappa shape index (κ3) is 5.40. The molecule has 0 bridgehead atoms. The van der Waals surface area contributed by atoms with Crippen molar-refractivity contribution in [1.82, 2.24) is 15.4 Å². The molecular formula is C15H25BrN4O2+2.